The molecule has 94 valence electrons. The number of allylic oxidation sites excluding steroid dienone is 5. The van der Waals surface area contributed by atoms with Crippen LogP contribution in [0.3, 0.4) is 0 Å². The molecule has 0 bridgehead atoms. The van der Waals surface area contributed by atoms with Gasteiger partial charge in [0, 0.05) is 0 Å². The van der Waals surface area contributed by atoms with Crippen molar-refractivity contribution in [3.05, 3.63) is 37.0 Å². The van der Waals surface area contributed by atoms with Crippen LogP contribution in [0.2, 0.25) is 0 Å². The summed E-state index contributed by atoms with van der Waals surface area (Å²) in [4.78, 5) is 0. The van der Waals surface area contributed by atoms with E-state index in [0.29, 0.717) is 0 Å². The van der Waals surface area contributed by atoms with Gasteiger partial charge in [0.15, 0.2) is 0 Å². The topological polar surface area (TPSA) is 0 Å². The average molecular weight is 214 g/mol. The first-order valence-electron chi connectivity index (χ1n) is 6.32. The maximum atomic E-state index is 3.51. The van der Waals surface area contributed by atoms with Gasteiger partial charge in [-0.25, -0.2) is 0 Å². The number of hydrogen-bond donors (Lipinski definition) is 0. The Hall–Kier alpha value is -0.780. The Morgan fingerprint density at radius 3 is 1.13 bits per heavy atom. The third-order valence-electron chi connectivity index (χ3n) is 0.551. The first kappa shape index (κ1) is 29.2. The van der Waals surface area contributed by atoms with Crippen LogP contribution in [0.5, 0.6) is 0 Å². The summed E-state index contributed by atoms with van der Waals surface area (Å²) in [6, 6.07) is 0. The Kier molecular flexibility index (Phi) is 216. The summed E-state index contributed by atoms with van der Waals surface area (Å²) in [7, 11) is 0. The van der Waals surface area contributed by atoms with E-state index in [0.717, 1.165) is 0 Å². The Labute approximate surface area is 99.8 Å². The number of hydrogen-bond acceptors (Lipinski definition) is 0. The fourth-order valence-corrected chi connectivity index (χ4v) is 0.254. The molecule has 0 fully saturated rings. The maximum Gasteiger partial charge on any atom is -0.0467 e. The fourth-order valence-electron chi connectivity index (χ4n) is 0.254. The summed E-state index contributed by atoms with van der Waals surface area (Å²) < 4.78 is 0. The number of rotatable bonds is 2. The molecule has 0 saturated heterocycles. The zero-order valence-electron chi connectivity index (χ0n) is 12.6. The van der Waals surface area contributed by atoms with E-state index in [1.165, 1.54) is 0 Å². The molecule has 0 heterocycles. The molecule has 0 radical (unpaired) electrons. The van der Waals surface area contributed by atoms with Crippen LogP contribution >= 0.6 is 0 Å². The van der Waals surface area contributed by atoms with Crippen molar-refractivity contribution in [3.63, 3.8) is 0 Å². The predicted molar refractivity (Wildman–Crippen MR) is 79.5 cm³/mol. The summed E-state index contributed by atoms with van der Waals surface area (Å²) in [6.45, 7) is 21.5. The molecule has 0 aromatic rings. The minimum atomic E-state index is 1.75. The van der Waals surface area contributed by atoms with Gasteiger partial charge in [-0.2, -0.15) is 0 Å². The van der Waals surface area contributed by atoms with E-state index in [4.69, 9.17) is 0 Å². The van der Waals surface area contributed by atoms with E-state index >= 15 is 0 Å². The van der Waals surface area contributed by atoms with Crippen LogP contribution in [-0.2, 0) is 0 Å². The van der Waals surface area contributed by atoms with Gasteiger partial charge in [-0.05, 0) is 6.92 Å². The van der Waals surface area contributed by atoms with Crippen LogP contribution in [0.15, 0.2) is 37.0 Å². The Morgan fingerprint density at radius 2 is 0.933 bits per heavy atom. The van der Waals surface area contributed by atoms with Gasteiger partial charge in [-0.1, -0.05) is 92.3 Å². The first-order valence-corrected chi connectivity index (χ1v) is 6.32. The lowest BCUT2D eigenvalue weighted by Gasteiger charge is -1.65. The summed E-state index contributed by atoms with van der Waals surface area (Å²) in [5.74, 6) is 0. The van der Waals surface area contributed by atoms with Gasteiger partial charge in [0.25, 0.3) is 0 Å². The van der Waals surface area contributed by atoms with E-state index in [-0.39, 0.29) is 0 Å². The van der Waals surface area contributed by atoms with Crippen molar-refractivity contribution in [1.82, 2.24) is 0 Å². The van der Waals surface area contributed by atoms with Crippen molar-refractivity contribution >= 4 is 0 Å². The van der Waals surface area contributed by atoms with Crippen LogP contribution in [0.25, 0.3) is 0 Å². The van der Waals surface area contributed by atoms with E-state index in [9.17, 15) is 0 Å². The first-order chi connectivity index (χ1) is 7.41. The largest absolute Gasteiger partial charge is 0.0991 e. The standard InChI is InChI=1S/C7H10.4C2H6/c1-3-5-7-6-4-2;4*1-2/h3-7H,1H2,2H3;4*1-2H3/b6-4-,7-5-;;;;. The smallest absolute Gasteiger partial charge is 0.0467 e. The molecule has 0 aromatic carbocycles. The molecule has 0 aliphatic rings. The quantitative estimate of drug-likeness (QED) is 0.466. The molecule has 15 heavy (non-hydrogen) atoms. The molecule has 0 nitrogen and oxygen atoms in total. The van der Waals surface area contributed by atoms with Crippen LogP contribution in [0.1, 0.15) is 62.3 Å². The fraction of sp³-hybridized carbons (Fsp3) is 0.600. The highest BCUT2D eigenvalue weighted by atomic mass is 13.6. The summed E-state index contributed by atoms with van der Waals surface area (Å²) in [5.41, 5.74) is 0. The lowest BCUT2D eigenvalue weighted by atomic mass is 10.4. The molecule has 0 N–H and O–H groups in total. The predicted octanol–water partition coefficient (Wildman–Crippen LogP) is 6.41. The highest BCUT2D eigenvalue weighted by Crippen LogP contribution is 1.74. The average Bonchev–Trinajstić information content (AvgIpc) is 2.40. The Balaban J connectivity index is -0.0000000353. The minimum Gasteiger partial charge on any atom is -0.0991 e. The molecule has 0 atom stereocenters. The van der Waals surface area contributed by atoms with Crippen molar-refractivity contribution in [2.45, 2.75) is 62.3 Å². The SMILES string of the molecule is C=C/C=C\C=C/C.CC.CC.CC.CC. The van der Waals surface area contributed by atoms with Crippen LogP contribution < -0.4 is 0 Å². The molecule has 0 aromatic heterocycles. The van der Waals surface area contributed by atoms with Crippen molar-refractivity contribution in [1.29, 1.82) is 0 Å². The van der Waals surface area contributed by atoms with Gasteiger partial charge in [0.2, 0.25) is 0 Å². The normalized spacial score (nSPS) is 6.73. The summed E-state index contributed by atoms with van der Waals surface area (Å²) >= 11 is 0. The highest BCUT2D eigenvalue weighted by molar-refractivity contribution is 5.07. The van der Waals surface area contributed by atoms with E-state index < -0.39 is 0 Å². The Bertz CT molecular complexity index is 86.2. The Morgan fingerprint density at radius 1 is 0.600 bits per heavy atom. The zero-order valence-corrected chi connectivity index (χ0v) is 12.6. The second-order valence-corrected chi connectivity index (χ2v) is 1.15. The molecule has 0 amide bonds. The van der Waals surface area contributed by atoms with Gasteiger partial charge in [-0.15, -0.1) is 0 Å². The van der Waals surface area contributed by atoms with E-state index in [2.05, 4.69) is 6.58 Å². The molecule has 0 unspecified atom stereocenters. The highest BCUT2D eigenvalue weighted by Gasteiger charge is 1.52. The molecular formula is C15H34. The van der Waals surface area contributed by atoms with Gasteiger partial charge in [-0.3, -0.25) is 0 Å². The van der Waals surface area contributed by atoms with Crippen LogP contribution in [0.4, 0.5) is 0 Å². The van der Waals surface area contributed by atoms with E-state index in [1.807, 2.05) is 86.6 Å². The minimum absolute atomic E-state index is 1.75. The monoisotopic (exact) mass is 214 g/mol. The van der Waals surface area contributed by atoms with Gasteiger partial charge >= 0.3 is 0 Å². The molecule has 0 rings (SSSR count). The van der Waals surface area contributed by atoms with Crippen LogP contribution in [0, 0.1) is 0 Å². The second-order valence-electron chi connectivity index (χ2n) is 1.15. The second kappa shape index (κ2) is 111. The molecule has 0 aliphatic heterocycles. The summed E-state index contributed by atoms with van der Waals surface area (Å²) in [5, 5.41) is 0. The van der Waals surface area contributed by atoms with Crippen molar-refractivity contribution < 1.29 is 0 Å². The molecular weight excluding hydrogens is 180 g/mol. The van der Waals surface area contributed by atoms with Crippen LogP contribution in [-0.4, -0.2) is 0 Å². The molecule has 0 aliphatic carbocycles. The molecule has 0 heteroatoms. The van der Waals surface area contributed by atoms with Gasteiger partial charge in [0.1, 0.15) is 0 Å². The van der Waals surface area contributed by atoms with Crippen molar-refractivity contribution in [2.24, 2.45) is 0 Å². The lowest BCUT2D eigenvalue weighted by molar-refractivity contribution is 1.50. The maximum absolute atomic E-state index is 3.51. The van der Waals surface area contributed by atoms with Gasteiger partial charge < -0.3 is 0 Å². The lowest BCUT2D eigenvalue weighted by Crippen LogP contribution is -1.43. The van der Waals surface area contributed by atoms with Gasteiger partial charge in [0.05, 0.1) is 0 Å². The molecule has 0 spiro atoms. The zero-order chi connectivity index (χ0) is 13.5. The van der Waals surface area contributed by atoms with E-state index in [1.54, 1.807) is 6.08 Å². The third kappa shape index (κ3) is 161. The van der Waals surface area contributed by atoms with Crippen molar-refractivity contribution in [2.75, 3.05) is 0 Å². The van der Waals surface area contributed by atoms with Crippen molar-refractivity contribution in [3.8, 4) is 0 Å². The summed E-state index contributed by atoms with van der Waals surface area (Å²) in [6.07, 6.45) is 9.51. The molecule has 0 saturated carbocycles. The third-order valence-corrected chi connectivity index (χ3v) is 0.551.